The van der Waals surface area contributed by atoms with Gasteiger partial charge in [0, 0.05) is 64.5 Å². The van der Waals surface area contributed by atoms with Gasteiger partial charge in [0.1, 0.15) is 11.5 Å². The van der Waals surface area contributed by atoms with Crippen LogP contribution in [0.4, 0.5) is 0 Å². The molecule has 2 aromatic rings. The Hall–Kier alpha value is -1.66. The van der Waals surface area contributed by atoms with Crippen molar-refractivity contribution in [1.29, 1.82) is 0 Å². The Morgan fingerprint density at radius 2 is 1.79 bits per heavy atom. The van der Waals surface area contributed by atoms with Crippen molar-refractivity contribution < 1.29 is 9.52 Å². The van der Waals surface area contributed by atoms with Crippen LogP contribution in [-0.4, -0.2) is 79.3 Å². The van der Waals surface area contributed by atoms with E-state index in [1.165, 1.54) is 5.56 Å². The Kier molecular flexibility index (Phi) is 6.16. The Morgan fingerprint density at radius 3 is 2.50 bits per heavy atom. The minimum Gasteiger partial charge on any atom is -0.461 e. The van der Waals surface area contributed by atoms with Crippen LogP contribution < -0.4 is 0 Å². The van der Waals surface area contributed by atoms with Crippen molar-refractivity contribution in [2.24, 2.45) is 11.8 Å². The van der Waals surface area contributed by atoms with Gasteiger partial charge in [-0.25, -0.2) is 0 Å². The van der Waals surface area contributed by atoms with E-state index in [0.29, 0.717) is 18.4 Å². The highest BCUT2D eigenvalue weighted by Crippen LogP contribution is 2.28. The summed E-state index contributed by atoms with van der Waals surface area (Å²) in [5, 5.41) is 9.92. The fraction of sp³-hybridized carbons (Fsp3) is 0.565. The predicted molar refractivity (Wildman–Crippen MR) is 112 cm³/mol. The number of rotatable bonds is 6. The van der Waals surface area contributed by atoms with Gasteiger partial charge in [-0.05, 0) is 49.6 Å². The van der Waals surface area contributed by atoms with Crippen LogP contribution in [0.3, 0.4) is 0 Å². The molecule has 0 aliphatic carbocycles. The zero-order valence-electron chi connectivity index (χ0n) is 17.2. The molecule has 1 N–H and O–H groups in total. The molecule has 0 bridgehead atoms. The molecule has 0 saturated carbocycles. The SMILES string of the molecule is Cc1ccc(-c2cccc(CN3C[C@@H](CN4CCN(C)CC4)[C@@H](CO)C3)c2)o1. The number of aryl methyl sites for hydroxylation is 1. The van der Waals surface area contributed by atoms with Crippen LogP contribution in [0.1, 0.15) is 11.3 Å². The second-order valence-corrected chi connectivity index (χ2v) is 8.61. The molecular weight excluding hydrogens is 350 g/mol. The molecule has 2 aliphatic heterocycles. The molecule has 5 heteroatoms. The van der Waals surface area contributed by atoms with Gasteiger partial charge >= 0.3 is 0 Å². The number of piperazine rings is 1. The molecule has 28 heavy (non-hydrogen) atoms. The standard InChI is InChI=1S/C23H33N3O2/c1-18-6-7-23(28-18)20-5-3-4-19(12-20)13-26-15-21(22(16-26)17-27)14-25-10-8-24(2)9-11-25/h3-7,12,21-22,27H,8-11,13-17H2,1-2H3/t21-,22-/m1/s1. The number of hydrogen-bond acceptors (Lipinski definition) is 5. The van der Waals surface area contributed by atoms with Crippen molar-refractivity contribution in [2.75, 3.05) is 59.5 Å². The van der Waals surface area contributed by atoms with Gasteiger partial charge < -0.3 is 19.3 Å². The minimum absolute atomic E-state index is 0.292. The quantitative estimate of drug-likeness (QED) is 0.830. The van der Waals surface area contributed by atoms with Gasteiger partial charge in [0.05, 0.1) is 0 Å². The topological polar surface area (TPSA) is 43.1 Å². The van der Waals surface area contributed by atoms with Crippen molar-refractivity contribution in [3.05, 3.63) is 47.7 Å². The first-order valence-corrected chi connectivity index (χ1v) is 10.5. The van der Waals surface area contributed by atoms with Crippen molar-refractivity contribution in [1.82, 2.24) is 14.7 Å². The summed E-state index contributed by atoms with van der Waals surface area (Å²) in [6.07, 6.45) is 0. The third kappa shape index (κ3) is 4.66. The molecule has 152 valence electrons. The van der Waals surface area contributed by atoms with Gasteiger partial charge in [0.25, 0.3) is 0 Å². The summed E-state index contributed by atoms with van der Waals surface area (Å²) in [6, 6.07) is 12.7. The van der Waals surface area contributed by atoms with Gasteiger partial charge in [-0.1, -0.05) is 18.2 Å². The molecule has 4 rings (SSSR count). The number of furan rings is 1. The van der Waals surface area contributed by atoms with Gasteiger partial charge in [-0.15, -0.1) is 0 Å². The fourth-order valence-electron chi connectivity index (χ4n) is 4.61. The third-order valence-corrected chi connectivity index (χ3v) is 6.33. The maximum absolute atomic E-state index is 9.92. The number of benzene rings is 1. The van der Waals surface area contributed by atoms with Gasteiger partial charge in [-0.2, -0.15) is 0 Å². The van der Waals surface area contributed by atoms with E-state index >= 15 is 0 Å². The molecular formula is C23H33N3O2. The van der Waals surface area contributed by atoms with Crippen LogP contribution in [0, 0.1) is 18.8 Å². The van der Waals surface area contributed by atoms with E-state index in [2.05, 4.69) is 46.0 Å². The summed E-state index contributed by atoms with van der Waals surface area (Å²) < 4.78 is 5.78. The summed E-state index contributed by atoms with van der Waals surface area (Å²) in [5.41, 5.74) is 2.45. The zero-order chi connectivity index (χ0) is 19.5. The Morgan fingerprint density at radius 1 is 1.00 bits per heavy atom. The Labute approximate surface area is 168 Å². The fourth-order valence-corrected chi connectivity index (χ4v) is 4.61. The average molecular weight is 384 g/mol. The van der Waals surface area contributed by atoms with E-state index in [1.54, 1.807) is 0 Å². The molecule has 2 fully saturated rings. The average Bonchev–Trinajstić information content (AvgIpc) is 3.30. The van der Waals surface area contributed by atoms with Crippen LogP contribution in [-0.2, 0) is 6.54 Å². The number of hydrogen-bond donors (Lipinski definition) is 1. The maximum atomic E-state index is 9.92. The van der Waals surface area contributed by atoms with Gasteiger partial charge in [0.2, 0.25) is 0 Å². The highest BCUT2D eigenvalue weighted by Gasteiger charge is 2.33. The second kappa shape index (κ2) is 8.78. The zero-order valence-corrected chi connectivity index (χ0v) is 17.2. The highest BCUT2D eigenvalue weighted by atomic mass is 16.3. The third-order valence-electron chi connectivity index (χ3n) is 6.33. The molecule has 2 saturated heterocycles. The lowest BCUT2D eigenvalue weighted by Gasteiger charge is -2.34. The number of aliphatic hydroxyl groups excluding tert-OH is 1. The predicted octanol–water partition coefficient (Wildman–Crippen LogP) is 2.54. The molecule has 2 atom stereocenters. The van der Waals surface area contributed by atoms with E-state index < -0.39 is 0 Å². The van der Waals surface area contributed by atoms with Crippen LogP contribution in [0.25, 0.3) is 11.3 Å². The molecule has 0 spiro atoms. The lowest BCUT2D eigenvalue weighted by atomic mass is 9.96. The van der Waals surface area contributed by atoms with Crippen LogP contribution >= 0.6 is 0 Å². The van der Waals surface area contributed by atoms with E-state index in [-0.39, 0.29) is 0 Å². The van der Waals surface area contributed by atoms with E-state index in [0.717, 1.165) is 69.4 Å². The van der Waals surface area contributed by atoms with Crippen molar-refractivity contribution in [3.63, 3.8) is 0 Å². The molecule has 1 aromatic heterocycles. The lowest BCUT2D eigenvalue weighted by Crippen LogP contribution is -2.47. The molecule has 3 heterocycles. The normalized spacial score (nSPS) is 24.8. The van der Waals surface area contributed by atoms with Gasteiger partial charge in [0.15, 0.2) is 0 Å². The van der Waals surface area contributed by atoms with Crippen LogP contribution in [0.2, 0.25) is 0 Å². The Bertz CT molecular complexity index is 767. The van der Waals surface area contributed by atoms with Crippen LogP contribution in [0.15, 0.2) is 40.8 Å². The summed E-state index contributed by atoms with van der Waals surface area (Å²) in [7, 11) is 2.20. The smallest absolute Gasteiger partial charge is 0.134 e. The van der Waals surface area contributed by atoms with Crippen LogP contribution in [0.5, 0.6) is 0 Å². The number of likely N-dealkylation sites (tertiary alicyclic amines) is 1. The number of nitrogens with zero attached hydrogens (tertiary/aromatic N) is 3. The van der Waals surface area contributed by atoms with E-state index in [4.69, 9.17) is 4.42 Å². The molecule has 2 aliphatic rings. The van der Waals surface area contributed by atoms with Crippen molar-refractivity contribution in [3.8, 4) is 11.3 Å². The monoisotopic (exact) mass is 383 g/mol. The highest BCUT2D eigenvalue weighted by molar-refractivity contribution is 5.58. The first-order chi connectivity index (χ1) is 13.6. The first kappa shape index (κ1) is 19.6. The van der Waals surface area contributed by atoms with E-state index in [1.807, 2.05) is 19.1 Å². The largest absolute Gasteiger partial charge is 0.461 e. The summed E-state index contributed by atoms with van der Waals surface area (Å²) in [5.74, 6) is 2.82. The summed E-state index contributed by atoms with van der Waals surface area (Å²) >= 11 is 0. The Balaban J connectivity index is 1.37. The minimum atomic E-state index is 0.292. The molecule has 5 nitrogen and oxygen atoms in total. The maximum Gasteiger partial charge on any atom is 0.134 e. The molecule has 1 aromatic carbocycles. The first-order valence-electron chi connectivity index (χ1n) is 10.5. The lowest BCUT2D eigenvalue weighted by molar-refractivity contribution is 0.116. The molecule has 0 unspecified atom stereocenters. The van der Waals surface area contributed by atoms with Gasteiger partial charge in [-0.3, -0.25) is 4.90 Å². The number of aliphatic hydroxyl groups is 1. The molecule has 0 radical (unpaired) electrons. The summed E-state index contributed by atoms with van der Waals surface area (Å²) in [6.45, 7) is 11.0. The number of likely N-dealkylation sites (N-methyl/N-ethyl adjacent to an activating group) is 1. The van der Waals surface area contributed by atoms with Crippen molar-refractivity contribution >= 4 is 0 Å². The van der Waals surface area contributed by atoms with E-state index in [9.17, 15) is 5.11 Å². The summed E-state index contributed by atoms with van der Waals surface area (Å²) in [4.78, 5) is 7.49. The van der Waals surface area contributed by atoms with Crippen molar-refractivity contribution in [2.45, 2.75) is 13.5 Å². The second-order valence-electron chi connectivity index (χ2n) is 8.61. The molecule has 0 amide bonds.